The van der Waals surface area contributed by atoms with E-state index in [1.807, 2.05) is 60.7 Å². The lowest BCUT2D eigenvalue weighted by Gasteiger charge is -2.14. The van der Waals surface area contributed by atoms with Crippen molar-refractivity contribution in [2.45, 2.75) is 24.5 Å². The van der Waals surface area contributed by atoms with E-state index in [0.29, 0.717) is 10.6 Å². The molecule has 8 heteroatoms. The molecule has 1 saturated heterocycles. The molecule has 4 rings (SSSR count). The third-order valence-corrected chi connectivity index (χ3v) is 4.98. The molecule has 3 N–H and O–H groups in total. The summed E-state index contributed by atoms with van der Waals surface area (Å²) in [5.41, 5.74) is 1.66. The van der Waals surface area contributed by atoms with Gasteiger partial charge in [0.05, 0.1) is 6.61 Å². The molecule has 1 fully saturated rings. The number of aliphatic hydroxyl groups excluding tert-OH is 3. The van der Waals surface area contributed by atoms with Gasteiger partial charge in [0.2, 0.25) is 4.77 Å². The fourth-order valence-corrected chi connectivity index (χ4v) is 3.55. The number of hydrogen-bond donors (Lipinski definition) is 3. The smallest absolute Gasteiger partial charge is 0.205 e. The van der Waals surface area contributed by atoms with Crippen molar-refractivity contribution in [2.75, 3.05) is 6.61 Å². The number of para-hydroxylation sites is 1. The van der Waals surface area contributed by atoms with E-state index in [4.69, 9.17) is 17.0 Å². The molecular weight excluding hydrogens is 366 g/mol. The number of hydrogen-bond acceptors (Lipinski definition) is 6. The molecular formula is C19H19N3O4S. The van der Waals surface area contributed by atoms with Crippen molar-refractivity contribution in [3.63, 3.8) is 0 Å². The summed E-state index contributed by atoms with van der Waals surface area (Å²) < 4.78 is 9.10. The Balaban J connectivity index is 1.88. The van der Waals surface area contributed by atoms with Gasteiger partial charge in [-0.05, 0) is 24.4 Å². The van der Waals surface area contributed by atoms with Gasteiger partial charge in [-0.25, -0.2) is 4.68 Å². The Morgan fingerprint density at radius 1 is 0.963 bits per heavy atom. The Morgan fingerprint density at radius 3 is 2.19 bits per heavy atom. The zero-order valence-corrected chi connectivity index (χ0v) is 15.1. The molecule has 7 nitrogen and oxygen atoms in total. The minimum atomic E-state index is -1.25. The molecule has 4 atom stereocenters. The van der Waals surface area contributed by atoms with Crippen LogP contribution in [-0.2, 0) is 4.74 Å². The van der Waals surface area contributed by atoms with Crippen LogP contribution in [0.4, 0.5) is 0 Å². The lowest BCUT2D eigenvalue weighted by atomic mass is 10.1. The second-order valence-corrected chi connectivity index (χ2v) is 6.68. The summed E-state index contributed by atoms with van der Waals surface area (Å²) in [5, 5.41) is 34.4. The summed E-state index contributed by atoms with van der Waals surface area (Å²) >= 11 is 5.63. The molecule has 1 aliphatic rings. The predicted molar refractivity (Wildman–Crippen MR) is 101 cm³/mol. The summed E-state index contributed by atoms with van der Waals surface area (Å²) in [6.45, 7) is -0.410. The van der Waals surface area contributed by atoms with Crippen LogP contribution in [0.1, 0.15) is 6.23 Å². The van der Waals surface area contributed by atoms with Gasteiger partial charge in [-0.1, -0.05) is 48.5 Å². The quantitative estimate of drug-likeness (QED) is 0.592. The van der Waals surface area contributed by atoms with Gasteiger partial charge in [-0.3, -0.25) is 4.57 Å². The Labute approximate surface area is 160 Å². The third-order valence-electron chi connectivity index (χ3n) is 4.61. The summed E-state index contributed by atoms with van der Waals surface area (Å²) in [6, 6.07) is 19.1. The van der Waals surface area contributed by atoms with E-state index in [2.05, 4.69) is 5.10 Å². The van der Waals surface area contributed by atoms with Crippen LogP contribution in [0.2, 0.25) is 0 Å². The van der Waals surface area contributed by atoms with Gasteiger partial charge >= 0.3 is 0 Å². The summed E-state index contributed by atoms with van der Waals surface area (Å²) in [4.78, 5) is 0. The largest absolute Gasteiger partial charge is 0.394 e. The molecule has 1 aromatic heterocycles. The van der Waals surface area contributed by atoms with Crippen molar-refractivity contribution < 1.29 is 20.1 Å². The van der Waals surface area contributed by atoms with Crippen LogP contribution in [0.5, 0.6) is 0 Å². The van der Waals surface area contributed by atoms with E-state index in [9.17, 15) is 15.3 Å². The topological polar surface area (TPSA) is 92.7 Å². The number of aromatic nitrogens is 3. The van der Waals surface area contributed by atoms with Gasteiger partial charge < -0.3 is 20.1 Å². The number of nitrogens with zero attached hydrogens (tertiary/aromatic N) is 3. The first-order chi connectivity index (χ1) is 13.1. The van der Waals surface area contributed by atoms with Crippen molar-refractivity contribution in [3.8, 4) is 17.1 Å². The highest BCUT2D eigenvalue weighted by Gasteiger charge is 2.44. The Hall–Kier alpha value is -2.36. The maximum atomic E-state index is 10.4. The molecule has 0 bridgehead atoms. The second-order valence-electron chi connectivity index (χ2n) is 6.32. The highest BCUT2D eigenvalue weighted by Crippen LogP contribution is 2.31. The molecule has 1 aliphatic heterocycles. The zero-order chi connectivity index (χ0) is 19.0. The van der Waals surface area contributed by atoms with E-state index in [-0.39, 0.29) is 0 Å². The Morgan fingerprint density at radius 2 is 1.59 bits per heavy atom. The molecule has 140 valence electrons. The maximum absolute atomic E-state index is 10.4. The maximum Gasteiger partial charge on any atom is 0.205 e. The van der Waals surface area contributed by atoms with E-state index in [1.54, 1.807) is 4.57 Å². The van der Waals surface area contributed by atoms with E-state index in [0.717, 1.165) is 11.3 Å². The number of aliphatic hydroxyl groups is 3. The Kier molecular flexibility index (Phi) is 4.90. The minimum Gasteiger partial charge on any atom is -0.394 e. The number of rotatable bonds is 4. The van der Waals surface area contributed by atoms with E-state index >= 15 is 0 Å². The fraction of sp³-hybridized carbons (Fsp3) is 0.263. The fourth-order valence-electron chi connectivity index (χ4n) is 3.21. The molecule has 0 saturated carbocycles. The molecule has 0 aliphatic carbocycles. The molecule has 0 spiro atoms. The average Bonchev–Trinajstić information content (AvgIpc) is 3.20. The monoisotopic (exact) mass is 385 g/mol. The van der Waals surface area contributed by atoms with Crippen LogP contribution < -0.4 is 0 Å². The van der Waals surface area contributed by atoms with E-state index in [1.165, 1.54) is 4.68 Å². The molecule has 3 aromatic rings. The van der Waals surface area contributed by atoms with Gasteiger partial charge in [0.25, 0.3) is 0 Å². The van der Waals surface area contributed by atoms with Crippen LogP contribution in [0.3, 0.4) is 0 Å². The van der Waals surface area contributed by atoms with Crippen molar-refractivity contribution in [1.29, 1.82) is 0 Å². The van der Waals surface area contributed by atoms with Crippen LogP contribution >= 0.6 is 12.2 Å². The summed E-state index contributed by atoms with van der Waals surface area (Å²) in [5.74, 6) is 0.588. The van der Waals surface area contributed by atoms with Crippen LogP contribution in [-0.4, -0.2) is 54.6 Å². The number of ether oxygens (including phenoxy) is 1. The first kappa shape index (κ1) is 18.0. The second kappa shape index (κ2) is 7.34. The SMILES string of the molecule is OC[C@@H]1O[C@H](n2nc(-c3ccccc3)n(-c3ccccc3)c2=S)[C@H](O)[C@@H]1O. The van der Waals surface area contributed by atoms with Crippen molar-refractivity contribution >= 4 is 12.2 Å². The molecule has 2 heterocycles. The van der Waals surface area contributed by atoms with Gasteiger partial charge in [-0.15, -0.1) is 5.10 Å². The summed E-state index contributed by atoms with van der Waals surface area (Å²) in [7, 11) is 0. The summed E-state index contributed by atoms with van der Waals surface area (Å²) in [6.07, 6.45) is -4.36. The predicted octanol–water partition coefficient (Wildman–Crippen LogP) is 1.68. The van der Waals surface area contributed by atoms with Crippen molar-refractivity contribution in [3.05, 3.63) is 65.4 Å². The van der Waals surface area contributed by atoms with Gasteiger partial charge in [0.15, 0.2) is 12.1 Å². The number of benzene rings is 2. The third kappa shape index (κ3) is 3.11. The normalized spacial score (nSPS) is 25.0. The molecule has 27 heavy (non-hydrogen) atoms. The van der Waals surface area contributed by atoms with Crippen LogP contribution in [0, 0.1) is 4.77 Å². The minimum absolute atomic E-state index is 0.315. The first-order valence-electron chi connectivity index (χ1n) is 8.56. The molecule has 2 aromatic carbocycles. The molecule has 0 radical (unpaired) electrons. The van der Waals surface area contributed by atoms with Crippen molar-refractivity contribution in [2.24, 2.45) is 0 Å². The van der Waals surface area contributed by atoms with E-state index < -0.39 is 31.1 Å². The highest BCUT2D eigenvalue weighted by molar-refractivity contribution is 7.71. The van der Waals surface area contributed by atoms with Crippen LogP contribution in [0.25, 0.3) is 17.1 Å². The van der Waals surface area contributed by atoms with Crippen LogP contribution in [0.15, 0.2) is 60.7 Å². The van der Waals surface area contributed by atoms with Gasteiger partial charge in [-0.2, -0.15) is 0 Å². The first-order valence-corrected chi connectivity index (χ1v) is 8.97. The molecule has 0 unspecified atom stereocenters. The molecule has 0 amide bonds. The average molecular weight is 385 g/mol. The van der Waals surface area contributed by atoms with Gasteiger partial charge in [0, 0.05) is 11.3 Å². The highest BCUT2D eigenvalue weighted by atomic mass is 32.1. The standard InChI is InChI=1S/C19H19N3O4S/c23-11-14-15(24)16(25)18(26-14)22-19(27)21(13-9-5-2-6-10-13)17(20-22)12-7-3-1-4-8-12/h1-10,14-16,18,23-25H,11H2/t14-,15+,16+,18-/m0/s1. The lowest BCUT2D eigenvalue weighted by molar-refractivity contribution is -0.0594. The lowest BCUT2D eigenvalue weighted by Crippen LogP contribution is -2.33. The van der Waals surface area contributed by atoms with Crippen molar-refractivity contribution in [1.82, 2.24) is 14.3 Å². The zero-order valence-electron chi connectivity index (χ0n) is 14.3. The van der Waals surface area contributed by atoms with Gasteiger partial charge in [0.1, 0.15) is 18.3 Å². The Bertz CT molecular complexity index is 974.